The molecule has 140 valence electrons. The van der Waals surface area contributed by atoms with Crippen LogP contribution in [0, 0.1) is 12.8 Å². The first kappa shape index (κ1) is 21.2. The van der Waals surface area contributed by atoms with E-state index in [0.29, 0.717) is 12.5 Å². The molecule has 0 bridgehead atoms. The molecule has 0 aliphatic heterocycles. The third kappa shape index (κ3) is 7.30. The molecule has 0 aromatic heterocycles. The zero-order valence-corrected chi connectivity index (χ0v) is 16.2. The maximum absolute atomic E-state index is 12.9. The Morgan fingerprint density at radius 3 is 2.64 bits per heavy atom. The number of alkyl halides is 1. The van der Waals surface area contributed by atoms with Crippen LogP contribution in [0.25, 0.3) is 0 Å². The van der Waals surface area contributed by atoms with Gasteiger partial charge in [0.2, 0.25) is 0 Å². The third-order valence-corrected chi connectivity index (χ3v) is 4.25. The van der Waals surface area contributed by atoms with Crippen molar-refractivity contribution < 1.29 is 9.13 Å². The van der Waals surface area contributed by atoms with Gasteiger partial charge in [-0.25, -0.2) is 4.39 Å². The van der Waals surface area contributed by atoms with Crippen LogP contribution in [0.4, 0.5) is 4.39 Å². The predicted molar refractivity (Wildman–Crippen MR) is 104 cm³/mol. The van der Waals surface area contributed by atoms with Gasteiger partial charge in [-0.1, -0.05) is 38.1 Å². The van der Waals surface area contributed by atoms with Crippen LogP contribution in [-0.4, -0.2) is 18.8 Å². The van der Waals surface area contributed by atoms with Crippen molar-refractivity contribution in [2.45, 2.75) is 59.8 Å². The fourth-order valence-corrected chi connectivity index (χ4v) is 2.60. The van der Waals surface area contributed by atoms with E-state index in [1.807, 2.05) is 44.3 Å². The van der Waals surface area contributed by atoms with Crippen LogP contribution in [0.3, 0.4) is 0 Å². The fraction of sp³-hybridized carbons (Fsp3) is 0.524. The lowest BCUT2D eigenvalue weighted by molar-refractivity contribution is 0.209. The standard InChI is InChI=1S/C21H33FN2O/c1-6-8-20(23)19(15(3)7-2)13-24-12-18-9-10-21(16(4)11-18)25-14-17(5)22/h6,8-11,13,15,17,20,24H,7,12,14,23H2,1-5H3/b8-6-,19-13-. The summed E-state index contributed by atoms with van der Waals surface area (Å²) >= 11 is 0. The van der Waals surface area contributed by atoms with E-state index in [9.17, 15) is 4.39 Å². The molecule has 3 unspecified atom stereocenters. The molecule has 4 heteroatoms. The van der Waals surface area contributed by atoms with E-state index in [2.05, 4.69) is 25.2 Å². The van der Waals surface area contributed by atoms with Gasteiger partial charge in [0, 0.05) is 12.6 Å². The first-order valence-corrected chi connectivity index (χ1v) is 9.07. The molecule has 0 fully saturated rings. The van der Waals surface area contributed by atoms with Crippen LogP contribution >= 0.6 is 0 Å². The number of nitrogens with one attached hydrogen (secondary N) is 1. The fourth-order valence-electron chi connectivity index (χ4n) is 2.60. The molecule has 25 heavy (non-hydrogen) atoms. The van der Waals surface area contributed by atoms with Crippen molar-refractivity contribution in [3.8, 4) is 5.75 Å². The highest BCUT2D eigenvalue weighted by atomic mass is 19.1. The summed E-state index contributed by atoms with van der Waals surface area (Å²) in [6.07, 6.45) is 6.13. The molecule has 0 saturated heterocycles. The van der Waals surface area contributed by atoms with Crippen LogP contribution < -0.4 is 15.8 Å². The highest BCUT2D eigenvalue weighted by molar-refractivity contribution is 5.36. The molecule has 1 aromatic rings. The summed E-state index contributed by atoms with van der Waals surface area (Å²) in [5.41, 5.74) is 9.61. The van der Waals surface area contributed by atoms with Crippen LogP contribution in [-0.2, 0) is 6.54 Å². The predicted octanol–water partition coefficient (Wildman–Crippen LogP) is 4.65. The Hall–Kier alpha value is -1.81. The second-order valence-electron chi connectivity index (χ2n) is 6.58. The summed E-state index contributed by atoms with van der Waals surface area (Å²) in [6.45, 7) is 10.6. The van der Waals surface area contributed by atoms with Crippen molar-refractivity contribution >= 4 is 0 Å². The van der Waals surface area contributed by atoms with E-state index >= 15 is 0 Å². The quantitative estimate of drug-likeness (QED) is 0.605. The summed E-state index contributed by atoms with van der Waals surface area (Å²) < 4.78 is 18.4. The molecular weight excluding hydrogens is 315 g/mol. The number of nitrogens with two attached hydrogens (primary N) is 1. The van der Waals surface area contributed by atoms with E-state index < -0.39 is 6.17 Å². The van der Waals surface area contributed by atoms with Crippen LogP contribution in [0.1, 0.15) is 45.2 Å². The van der Waals surface area contributed by atoms with Gasteiger partial charge in [-0.05, 0) is 62.1 Å². The molecule has 0 saturated carbocycles. The molecule has 3 N–H and O–H groups in total. The molecule has 0 spiro atoms. The van der Waals surface area contributed by atoms with Crippen molar-refractivity contribution in [1.82, 2.24) is 5.32 Å². The van der Waals surface area contributed by atoms with E-state index in [0.717, 1.165) is 23.3 Å². The maximum atomic E-state index is 12.9. The number of hydrogen-bond donors (Lipinski definition) is 2. The zero-order chi connectivity index (χ0) is 18.8. The number of hydrogen-bond acceptors (Lipinski definition) is 3. The molecule has 0 aliphatic rings. The maximum Gasteiger partial charge on any atom is 0.131 e. The summed E-state index contributed by atoms with van der Waals surface area (Å²) in [4.78, 5) is 0. The summed E-state index contributed by atoms with van der Waals surface area (Å²) in [5.74, 6) is 1.16. The lowest BCUT2D eigenvalue weighted by Crippen LogP contribution is -2.25. The Labute approximate surface area is 152 Å². The van der Waals surface area contributed by atoms with E-state index in [-0.39, 0.29) is 12.6 Å². The minimum absolute atomic E-state index is 0.0624. The second-order valence-corrected chi connectivity index (χ2v) is 6.58. The van der Waals surface area contributed by atoms with Crippen LogP contribution in [0.5, 0.6) is 5.75 Å². The molecule has 0 amide bonds. The van der Waals surface area contributed by atoms with E-state index in [1.165, 1.54) is 12.5 Å². The molecular formula is C21H33FN2O. The van der Waals surface area contributed by atoms with Gasteiger partial charge in [-0.15, -0.1) is 0 Å². The number of aryl methyl sites for hydroxylation is 1. The number of ether oxygens (including phenoxy) is 1. The van der Waals surface area contributed by atoms with Crippen molar-refractivity contribution in [2.75, 3.05) is 6.61 Å². The van der Waals surface area contributed by atoms with Crippen molar-refractivity contribution in [1.29, 1.82) is 0 Å². The third-order valence-electron chi connectivity index (χ3n) is 4.25. The lowest BCUT2D eigenvalue weighted by atomic mass is 9.93. The van der Waals surface area contributed by atoms with Gasteiger partial charge in [0.1, 0.15) is 18.5 Å². The zero-order valence-electron chi connectivity index (χ0n) is 16.2. The Balaban J connectivity index is 2.73. The summed E-state index contributed by atoms with van der Waals surface area (Å²) in [7, 11) is 0. The molecule has 0 radical (unpaired) electrons. The average Bonchev–Trinajstić information content (AvgIpc) is 2.57. The Kier molecular flexibility index (Phi) is 9.28. The minimum atomic E-state index is -0.966. The molecule has 0 heterocycles. The van der Waals surface area contributed by atoms with E-state index in [1.54, 1.807) is 0 Å². The van der Waals surface area contributed by atoms with Gasteiger partial charge in [-0.3, -0.25) is 0 Å². The van der Waals surface area contributed by atoms with Crippen LogP contribution in [0.15, 0.2) is 42.1 Å². The summed E-state index contributed by atoms with van der Waals surface area (Å²) in [6, 6.07) is 5.90. The molecule has 1 aromatic carbocycles. The van der Waals surface area contributed by atoms with Crippen LogP contribution in [0.2, 0.25) is 0 Å². The van der Waals surface area contributed by atoms with Gasteiger partial charge in [0.15, 0.2) is 0 Å². The molecule has 0 aliphatic carbocycles. The Morgan fingerprint density at radius 2 is 2.08 bits per heavy atom. The molecule has 3 atom stereocenters. The largest absolute Gasteiger partial charge is 0.490 e. The Bertz CT molecular complexity index is 581. The number of benzene rings is 1. The first-order chi connectivity index (χ1) is 11.9. The lowest BCUT2D eigenvalue weighted by Gasteiger charge is -2.19. The number of allylic oxidation sites excluding steroid dienone is 1. The number of halogens is 1. The van der Waals surface area contributed by atoms with Gasteiger partial charge in [-0.2, -0.15) is 0 Å². The SMILES string of the molecule is C/C=C\C(N)/C(=C\NCc1ccc(OCC(C)F)c(C)c1)C(C)CC. The van der Waals surface area contributed by atoms with Crippen molar-refractivity contribution in [2.24, 2.45) is 11.7 Å². The van der Waals surface area contributed by atoms with Crippen molar-refractivity contribution in [3.05, 3.63) is 53.3 Å². The Morgan fingerprint density at radius 1 is 1.36 bits per heavy atom. The van der Waals surface area contributed by atoms with Gasteiger partial charge < -0.3 is 15.8 Å². The van der Waals surface area contributed by atoms with Gasteiger partial charge in [0.25, 0.3) is 0 Å². The second kappa shape index (κ2) is 10.9. The van der Waals surface area contributed by atoms with Gasteiger partial charge >= 0.3 is 0 Å². The van der Waals surface area contributed by atoms with E-state index in [4.69, 9.17) is 10.5 Å². The van der Waals surface area contributed by atoms with Gasteiger partial charge in [0.05, 0.1) is 0 Å². The molecule has 3 nitrogen and oxygen atoms in total. The summed E-state index contributed by atoms with van der Waals surface area (Å²) in [5, 5.41) is 3.38. The smallest absolute Gasteiger partial charge is 0.131 e. The number of rotatable bonds is 10. The minimum Gasteiger partial charge on any atom is -0.490 e. The first-order valence-electron chi connectivity index (χ1n) is 9.07. The normalized spacial score (nSPS) is 15.9. The highest BCUT2D eigenvalue weighted by Gasteiger charge is 2.12. The highest BCUT2D eigenvalue weighted by Crippen LogP contribution is 2.20. The monoisotopic (exact) mass is 348 g/mol. The topological polar surface area (TPSA) is 47.3 Å². The van der Waals surface area contributed by atoms with Crippen molar-refractivity contribution in [3.63, 3.8) is 0 Å². The molecule has 1 rings (SSSR count). The average molecular weight is 349 g/mol.